The number of fused-ring (bicyclic) bond motifs is 7. The number of aliphatic hydroxyl groups is 1. The molecule has 4 saturated carbocycles. The summed E-state index contributed by atoms with van der Waals surface area (Å²) in [5, 5.41) is 11.1. The first kappa shape index (κ1) is 36.8. The molecule has 0 aromatic heterocycles. The number of methoxy groups -OCH3 is 1. The number of ether oxygens (including phenoxy) is 2. The number of carbonyl (C=O) groups is 3. The molecule has 2 aromatic carbocycles. The van der Waals surface area contributed by atoms with Crippen LogP contribution in [0.5, 0.6) is 11.5 Å². The lowest BCUT2D eigenvalue weighted by Crippen LogP contribution is -2.66. The molecule has 0 aliphatic heterocycles. The summed E-state index contributed by atoms with van der Waals surface area (Å²) in [6.45, 7) is 16.0. The Morgan fingerprint density at radius 3 is 2.27 bits per heavy atom. The minimum absolute atomic E-state index is 0.00944. The third-order valence-electron chi connectivity index (χ3n) is 15.9. The van der Waals surface area contributed by atoms with Gasteiger partial charge in [-0.1, -0.05) is 89.6 Å². The molecule has 1 N–H and O–H groups in total. The average molecular weight is 707 g/mol. The predicted molar refractivity (Wildman–Crippen MR) is 204 cm³/mol. The summed E-state index contributed by atoms with van der Waals surface area (Å²) in [6, 6.07) is 14.5. The van der Waals surface area contributed by atoms with Crippen molar-refractivity contribution in [1.29, 1.82) is 0 Å². The second kappa shape index (κ2) is 12.5. The first-order valence-corrected chi connectivity index (χ1v) is 19.5. The van der Waals surface area contributed by atoms with Gasteiger partial charge in [0.15, 0.2) is 23.1 Å². The van der Waals surface area contributed by atoms with Crippen LogP contribution in [0.15, 0.2) is 66.3 Å². The number of esters is 1. The molecule has 278 valence electrons. The van der Waals surface area contributed by atoms with Crippen molar-refractivity contribution in [1.82, 2.24) is 0 Å². The van der Waals surface area contributed by atoms with E-state index in [9.17, 15) is 19.5 Å². The van der Waals surface area contributed by atoms with Crippen LogP contribution in [0.2, 0.25) is 0 Å². The van der Waals surface area contributed by atoms with E-state index in [4.69, 9.17) is 9.47 Å². The maximum atomic E-state index is 14.7. The third-order valence-corrected chi connectivity index (χ3v) is 15.9. The fourth-order valence-corrected chi connectivity index (χ4v) is 12.3. The molecule has 0 heterocycles. The van der Waals surface area contributed by atoms with Gasteiger partial charge in [0.2, 0.25) is 0 Å². The van der Waals surface area contributed by atoms with Crippen molar-refractivity contribution >= 4 is 23.6 Å². The summed E-state index contributed by atoms with van der Waals surface area (Å²) in [4.78, 5) is 41.5. The van der Waals surface area contributed by atoms with Crippen molar-refractivity contribution in [2.75, 3.05) is 7.11 Å². The SMILES string of the molecule is COc1cc(/C=C/C(=O)c2ccccc2)ccc1OC(=O)[C@@]1(C)CC[C@]2(C)CC[C@@]3(C)C(=CC(=O)C4[C@@]5(C)CC[C@H](O)C(C)(C)[C@@H]5CC[C@]43C)[C@@H]2C1. The molecule has 0 bridgehead atoms. The summed E-state index contributed by atoms with van der Waals surface area (Å²) in [5.74, 6) is 1.00. The summed E-state index contributed by atoms with van der Waals surface area (Å²) >= 11 is 0. The lowest BCUT2D eigenvalue weighted by molar-refractivity contribution is -0.202. The topological polar surface area (TPSA) is 89.9 Å². The van der Waals surface area contributed by atoms with Crippen LogP contribution >= 0.6 is 0 Å². The quantitative estimate of drug-likeness (QED) is 0.139. The zero-order valence-corrected chi connectivity index (χ0v) is 32.5. The predicted octanol–water partition coefficient (Wildman–Crippen LogP) is 9.84. The van der Waals surface area contributed by atoms with Crippen LogP contribution in [0.1, 0.15) is 122 Å². The molecule has 6 nitrogen and oxygen atoms in total. The molecule has 6 heteroatoms. The van der Waals surface area contributed by atoms with E-state index < -0.39 is 5.41 Å². The largest absolute Gasteiger partial charge is 0.493 e. The van der Waals surface area contributed by atoms with Gasteiger partial charge >= 0.3 is 5.97 Å². The zero-order chi connectivity index (χ0) is 37.5. The average Bonchev–Trinajstić information content (AvgIpc) is 3.11. The van der Waals surface area contributed by atoms with E-state index in [0.29, 0.717) is 29.4 Å². The van der Waals surface area contributed by atoms with E-state index in [1.54, 1.807) is 37.5 Å². The molecule has 9 atom stereocenters. The first-order valence-electron chi connectivity index (χ1n) is 19.5. The van der Waals surface area contributed by atoms with Gasteiger partial charge in [0.1, 0.15) is 0 Å². The Morgan fingerprint density at radius 2 is 1.56 bits per heavy atom. The monoisotopic (exact) mass is 706 g/mol. The lowest BCUT2D eigenvalue weighted by atomic mass is 9.33. The van der Waals surface area contributed by atoms with E-state index in [2.05, 4.69) is 47.6 Å². The van der Waals surface area contributed by atoms with E-state index in [0.717, 1.165) is 56.9 Å². The number of allylic oxidation sites excluding steroid dienone is 3. The number of aliphatic hydroxyl groups excluding tert-OH is 1. The zero-order valence-electron chi connectivity index (χ0n) is 32.5. The molecule has 2 aromatic rings. The summed E-state index contributed by atoms with van der Waals surface area (Å²) < 4.78 is 11.8. The van der Waals surface area contributed by atoms with Gasteiger partial charge in [-0.25, -0.2) is 0 Å². The Hall–Kier alpha value is -3.51. The molecule has 0 saturated heterocycles. The van der Waals surface area contributed by atoms with Gasteiger partial charge in [0.25, 0.3) is 0 Å². The second-order valence-corrected chi connectivity index (χ2v) is 19.0. The Kier molecular flexibility index (Phi) is 8.88. The van der Waals surface area contributed by atoms with E-state index >= 15 is 0 Å². The Bertz CT molecular complexity index is 1840. The Labute approximate surface area is 310 Å². The Balaban J connectivity index is 1.14. The van der Waals surface area contributed by atoms with Gasteiger partial charge in [-0.3, -0.25) is 14.4 Å². The molecule has 1 unspecified atom stereocenters. The third kappa shape index (κ3) is 5.48. The number of hydrogen-bond acceptors (Lipinski definition) is 6. The number of carbonyl (C=O) groups excluding carboxylic acids is 3. The van der Waals surface area contributed by atoms with Crippen molar-refractivity contribution in [3.63, 3.8) is 0 Å². The summed E-state index contributed by atoms with van der Waals surface area (Å²) in [7, 11) is 1.55. The number of ketones is 2. The number of hydrogen-bond donors (Lipinski definition) is 1. The smallest absolute Gasteiger partial charge is 0.317 e. The van der Waals surface area contributed by atoms with Crippen molar-refractivity contribution in [2.45, 2.75) is 112 Å². The van der Waals surface area contributed by atoms with Crippen LogP contribution in [0, 0.1) is 50.2 Å². The lowest BCUT2D eigenvalue weighted by Gasteiger charge is -2.70. The van der Waals surface area contributed by atoms with Crippen LogP contribution in [0.3, 0.4) is 0 Å². The molecule has 0 amide bonds. The molecular weight excluding hydrogens is 649 g/mol. The first-order chi connectivity index (χ1) is 24.4. The highest BCUT2D eigenvalue weighted by Crippen LogP contribution is 2.75. The van der Waals surface area contributed by atoms with E-state index in [1.165, 1.54) is 11.6 Å². The van der Waals surface area contributed by atoms with Crippen LogP contribution in [0.4, 0.5) is 0 Å². The van der Waals surface area contributed by atoms with Gasteiger partial charge < -0.3 is 14.6 Å². The highest BCUT2D eigenvalue weighted by Gasteiger charge is 2.70. The second-order valence-electron chi connectivity index (χ2n) is 19.0. The van der Waals surface area contributed by atoms with Gasteiger partial charge in [-0.2, -0.15) is 0 Å². The van der Waals surface area contributed by atoms with Gasteiger partial charge in [-0.05, 0) is 133 Å². The van der Waals surface area contributed by atoms with E-state index in [1.807, 2.05) is 31.2 Å². The molecule has 5 aliphatic rings. The van der Waals surface area contributed by atoms with Gasteiger partial charge in [-0.15, -0.1) is 0 Å². The van der Waals surface area contributed by atoms with Gasteiger partial charge in [0.05, 0.1) is 18.6 Å². The summed E-state index contributed by atoms with van der Waals surface area (Å²) in [6.07, 6.45) is 13.0. The Morgan fingerprint density at radius 1 is 0.846 bits per heavy atom. The molecule has 0 spiro atoms. The van der Waals surface area contributed by atoms with Crippen molar-refractivity contribution in [3.8, 4) is 11.5 Å². The molecular formula is C46H58O6. The maximum absolute atomic E-state index is 14.7. The minimum atomic E-state index is -0.733. The number of benzene rings is 2. The van der Waals surface area contributed by atoms with Crippen LogP contribution in [-0.2, 0) is 9.59 Å². The molecule has 7 rings (SSSR count). The maximum Gasteiger partial charge on any atom is 0.317 e. The molecule has 0 radical (unpaired) electrons. The van der Waals surface area contributed by atoms with Crippen molar-refractivity contribution < 1.29 is 29.0 Å². The van der Waals surface area contributed by atoms with Crippen LogP contribution in [-0.4, -0.2) is 35.9 Å². The number of rotatable bonds is 6. The summed E-state index contributed by atoms with van der Waals surface area (Å²) in [5.41, 5.74) is 1.19. The normalized spacial score (nSPS) is 39.3. The van der Waals surface area contributed by atoms with Crippen LogP contribution in [0.25, 0.3) is 6.08 Å². The van der Waals surface area contributed by atoms with E-state index in [-0.39, 0.29) is 62.6 Å². The fraction of sp³-hybridized carbons (Fsp3) is 0.587. The highest BCUT2D eigenvalue weighted by molar-refractivity contribution is 6.06. The molecule has 4 fully saturated rings. The molecule has 52 heavy (non-hydrogen) atoms. The van der Waals surface area contributed by atoms with Gasteiger partial charge in [0, 0.05) is 11.5 Å². The van der Waals surface area contributed by atoms with Crippen molar-refractivity contribution in [3.05, 3.63) is 77.4 Å². The minimum Gasteiger partial charge on any atom is -0.493 e. The fourth-order valence-electron chi connectivity index (χ4n) is 12.3. The van der Waals surface area contributed by atoms with Crippen LogP contribution < -0.4 is 9.47 Å². The standard InChI is InChI=1S/C46H58O6/c1-41(2)37-18-21-46(7)39(44(37,5)20-19-38(41)49)34(48)27-31-32-28-43(4,23-22-42(32,3)24-25-45(31,46)6)40(50)52-35-17-15-29(26-36(35)51-8)14-16-33(47)30-12-10-9-11-13-30/h9-17,26-27,32,37-39,49H,18-25,28H2,1-8H3/b16-14+/t32-,37-,38-,39?,42+,43-,44-,45-,46+/m0/s1. The molecule has 5 aliphatic carbocycles. The highest BCUT2D eigenvalue weighted by atomic mass is 16.6. The van der Waals surface area contributed by atoms with Crippen molar-refractivity contribution in [2.24, 2.45) is 50.2 Å².